The van der Waals surface area contributed by atoms with E-state index >= 15 is 0 Å². The zero-order valence-electron chi connectivity index (χ0n) is 9.69. The maximum Gasteiger partial charge on any atom is 0.226 e. The topological polar surface area (TPSA) is 56.2 Å². The molecule has 2 N–H and O–H groups in total. The van der Waals surface area contributed by atoms with Gasteiger partial charge in [-0.05, 0) is 17.7 Å². The molecule has 4 nitrogen and oxygen atoms in total. The van der Waals surface area contributed by atoms with Crippen molar-refractivity contribution in [3.05, 3.63) is 59.8 Å². The molecule has 0 saturated heterocycles. The molecule has 88 valence electrons. The monoisotopic (exact) mass is 236 g/mol. The van der Waals surface area contributed by atoms with Gasteiger partial charge in [-0.2, -0.15) is 0 Å². The van der Waals surface area contributed by atoms with Crippen molar-refractivity contribution >= 4 is 23.7 Å². The van der Waals surface area contributed by atoms with Crippen molar-refractivity contribution in [1.82, 2.24) is 14.6 Å². The molecule has 0 saturated carbocycles. The predicted octanol–water partition coefficient (Wildman–Crippen LogP) is 2.48. The third-order valence-electron chi connectivity index (χ3n) is 2.75. The average molecular weight is 236 g/mol. The van der Waals surface area contributed by atoms with Crippen LogP contribution in [0.15, 0.2) is 48.7 Å². The molecule has 0 unspecified atom stereocenters. The summed E-state index contributed by atoms with van der Waals surface area (Å²) < 4.78 is 1.77. The zero-order valence-corrected chi connectivity index (χ0v) is 9.69. The van der Waals surface area contributed by atoms with Crippen molar-refractivity contribution in [3.8, 4) is 0 Å². The molecule has 0 amide bonds. The molecule has 0 radical (unpaired) electrons. The van der Waals surface area contributed by atoms with Crippen molar-refractivity contribution < 1.29 is 0 Å². The van der Waals surface area contributed by atoms with Crippen LogP contribution in [0.5, 0.6) is 0 Å². The molecule has 0 aliphatic heterocycles. The molecule has 0 aliphatic rings. The Morgan fingerprint density at radius 2 is 1.78 bits per heavy atom. The van der Waals surface area contributed by atoms with Gasteiger partial charge in [-0.25, -0.2) is 0 Å². The molecule has 0 spiro atoms. The van der Waals surface area contributed by atoms with E-state index in [0.717, 1.165) is 16.8 Å². The van der Waals surface area contributed by atoms with Gasteiger partial charge in [0.25, 0.3) is 0 Å². The van der Waals surface area contributed by atoms with Crippen LogP contribution in [0.4, 0.5) is 5.95 Å². The molecular formula is C14H12N4. The van der Waals surface area contributed by atoms with E-state index < -0.39 is 0 Å². The number of anilines is 1. The smallest absolute Gasteiger partial charge is 0.226 e. The second-order valence-electron chi connectivity index (χ2n) is 3.96. The van der Waals surface area contributed by atoms with Crippen LogP contribution < -0.4 is 5.73 Å². The van der Waals surface area contributed by atoms with Gasteiger partial charge in [0.05, 0.1) is 0 Å². The Bertz CT molecular complexity index is 698. The Hall–Kier alpha value is -2.62. The van der Waals surface area contributed by atoms with Gasteiger partial charge < -0.3 is 5.73 Å². The average Bonchev–Trinajstić information content (AvgIpc) is 2.80. The van der Waals surface area contributed by atoms with Crippen molar-refractivity contribution in [1.29, 1.82) is 0 Å². The predicted molar refractivity (Wildman–Crippen MR) is 72.8 cm³/mol. The maximum absolute atomic E-state index is 5.72. The van der Waals surface area contributed by atoms with Gasteiger partial charge in [0.1, 0.15) is 0 Å². The van der Waals surface area contributed by atoms with Gasteiger partial charge >= 0.3 is 0 Å². The fraction of sp³-hybridized carbons (Fsp3) is 0. The Labute approximate surface area is 104 Å². The van der Waals surface area contributed by atoms with Crippen molar-refractivity contribution in [2.45, 2.75) is 0 Å². The zero-order chi connectivity index (χ0) is 12.4. The Morgan fingerprint density at radius 3 is 2.61 bits per heavy atom. The van der Waals surface area contributed by atoms with Crippen molar-refractivity contribution in [2.75, 3.05) is 5.73 Å². The van der Waals surface area contributed by atoms with Crippen molar-refractivity contribution in [2.24, 2.45) is 0 Å². The van der Waals surface area contributed by atoms with Crippen LogP contribution in [0, 0.1) is 0 Å². The lowest BCUT2D eigenvalue weighted by Gasteiger charge is -1.98. The first-order valence-electron chi connectivity index (χ1n) is 5.67. The number of pyridine rings is 1. The number of hydrogen-bond acceptors (Lipinski definition) is 3. The number of hydrogen-bond donors (Lipinski definition) is 1. The fourth-order valence-corrected chi connectivity index (χ4v) is 1.83. The van der Waals surface area contributed by atoms with Crippen LogP contribution in [0.2, 0.25) is 0 Å². The highest BCUT2D eigenvalue weighted by atomic mass is 15.3. The summed E-state index contributed by atoms with van der Waals surface area (Å²) in [6.45, 7) is 0. The van der Waals surface area contributed by atoms with E-state index in [2.05, 4.69) is 22.3 Å². The van der Waals surface area contributed by atoms with Gasteiger partial charge in [-0.3, -0.25) is 4.40 Å². The molecule has 0 fully saturated rings. The molecule has 0 bridgehead atoms. The summed E-state index contributed by atoms with van der Waals surface area (Å²) in [5.41, 5.74) is 8.62. The Kier molecular flexibility index (Phi) is 2.53. The minimum absolute atomic E-state index is 0.403. The van der Waals surface area contributed by atoms with E-state index in [9.17, 15) is 0 Å². The summed E-state index contributed by atoms with van der Waals surface area (Å²) in [5.74, 6) is 0.403. The van der Waals surface area contributed by atoms with E-state index in [-0.39, 0.29) is 0 Å². The van der Waals surface area contributed by atoms with Crippen molar-refractivity contribution in [3.63, 3.8) is 0 Å². The number of fused-ring (bicyclic) bond motifs is 1. The normalized spacial score (nSPS) is 11.3. The number of rotatable bonds is 2. The van der Waals surface area contributed by atoms with Crippen LogP contribution in [0.25, 0.3) is 17.8 Å². The van der Waals surface area contributed by atoms with Gasteiger partial charge in [-0.15, -0.1) is 10.2 Å². The number of benzene rings is 1. The lowest BCUT2D eigenvalue weighted by molar-refractivity contribution is 1.12. The Morgan fingerprint density at radius 1 is 0.944 bits per heavy atom. The molecule has 4 heteroatoms. The van der Waals surface area contributed by atoms with Gasteiger partial charge in [0.2, 0.25) is 5.95 Å². The Balaban J connectivity index is 2.03. The number of nitrogen functional groups attached to an aromatic ring is 1. The maximum atomic E-state index is 5.72. The molecule has 0 aliphatic carbocycles. The highest BCUT2D eigenvalue weighted by Gasteiger charge is 2.03. The molecule has 3 aromatic rings. The summed E-state index contributed by atoms with van der Waals surface area (Å²) in [5, 5.41) is 7.94. The molecule has 1 aromatic carbocycles. The standard InChI is InChI=1S/C14H12N4/c15-14-17-16-13-12(7-4-10-18(13)14)9-8-11-5-2-1-3-6-11/h1-10H,(H2,15,17)/b9-8+. The van der Waals surface area contributed by atoms with Crippen LogP contribution in [0.3, 0.4) is 0 Å². The number of aromatic nitrogens is 3. The highest BCUT2D eigenvalue weighted by molar-refractivity contribution is 5.76. The lowest BCUT2D eigenvalue weighted by Crippen LogP contribution is -1.93. The summed E-state index contributed by atoms with van der Waals surface area (Å²) in [6.07, 6.45) is 5.91. The van der Waals surface area contributed by atoms with Crippen LogP contribution >= 0.6 is 0 Å². The van der Waals surface area contributed by atoms with E-state index in [4.69, 9.17) is 5.73 Å². The van der Waals surface area contributed by atoms with E-state index in [0.29, 0.717) is 5.95 Å². The molecule has 2 heterocycles. The minimum atomic E-state index is 0.403. The number of nitrogens with zero attached hydrogens (tertiary/aromatic N) is 3. The van der Waals surface area contributed by atoms with Crippen LogP contribution in [-0.4, -0.2) is 14.6 Å². The second-order valence-corrected chi connectivity index (χ2v) is 3.96. The van der Waals surface area contributed by atoms with E-state index in [1.54, 1.807) is 4.40 Å². The molecule has 0 atom stereocenters. The second kappa shape index (κ2) is 4.33. The highest BCUT2D eigenvalue weighted by Crippen LogP contribution is 2.14. The quantitative estimate of drug-likeness (QED) is 0.743. The molecule has 18 heavy (non-hydrogen) atoms. The van der Waals surface area contributed by atoms with Crippen LogP contribution in [-0.2, 0) is 0 Å². The third-order valence-corrected chi connectivity index (χ3v) is 2.75. The molecular weight excluding hydrogens is 224 g/mol. The van der Waals surface area contributed by atoms with E-state index in [1.807, 2.05) is 48.7 Å². The first-order valence-corrected chi connectivity index (χ1v) is 5.67. The molecule has 3 rings (SSSR count). The first kappa shape index (κ1) is 10.5. The summed E-state index contributed by atoms with van der Waals surface area (Å²) >= 11 is 0. The van der Waals surface area contributed by atoms with Crippen LogP contribution in [0.1, 0.15) is 11.1 Å². The van der Waals surface area contributed by atoms with Gasteiger partial charge in [-0.1, -0.05) is 42.5 Å². The SMILES string of the molecule is Nc1nnc2c(/C=C/c3ccccc3)cccn12. The fourth-order valence-electron chi connectivity index (χ4n) is 1.83. The third kappa shape index (κ3) is 1.84. The summed E-state index contributed by atoms with van der Waals surface area (Å²) in [4.78, 5) is 0. The van der Waals surface area contributed by atoms with Gasteiger partial charge in [0, 0.05) is 11.8 Å². The van der Waals surface area contributed by atoms with Gasteiger partial charge in [0.15, 0.2) is 5.65 Å². The number of nitrogens with two attached hydrogens (primary N) is 1. The molecule has 2 aromatic heterocycles. The summed E-state index contributed by atoms with van der Waals surface area (Å²) in [6, 6.07) is 14.0. The summed E-state index contributed by atoms with van der Waals surface area (Å²) in [7, 11) is 0. The largest absolute Gasteiger partial charge is 0.368 e. The van der Waals surface area contributed by atoms with E-state index in [1.165, 1.54) is 0 Å². The first-order chi connectivity index (χ1) is 8.84. The lowest BCUT2D eigenvalue weighted by atomic mass is 10.1. The minimum Gasteiger partial charge on any atom is -0.368 e.